The van der Waals surface area contributed by atoms with Gasteiger partial charge in [-0.05, 0) is 37.8 Å². The molecular formula is C15H23N5O. The summed E-state index contributed by atoms with van der Waals surface area (Å²) >= 11 is 0. The Morgan fingerprint density at radius 2 is 1.86 bits per heavy atom. The van der Waals surface area contributed by atoms with Crippen LogP contribution in [0.15, 0.2) is 12.1 Å². The molecular weight excluding hydrogens is 266 g/mol. The quantitative estimate of drug-likeness (QED) is 0.886. The van der Waals surface area contributed by atoms with Crippen LogP contribution in [0.5, 0.6) is 0 Å². The Balaban J connectivity index is 1.83. The number of aliphatic hydroxyl groups excluding tert-OH is 1. The van der Waals surface area contributed by atoms with E-state index in [-0.39, 0.29) is 11.5 Å². The summed E-state index contributed by atoms with van der Waals surface area (Å²) in [6, 6.07) is 4.27. The zero-order valence-corrected chi connectivity index (χ0v) is 12.9. The van der Waals surface area contributed by atoms with E-state index >= 15 is 0 Å². The van der Waals surface area contributed by atoms with Crippen LogP contribution in [0.2, 0.25) is 0 Å². The first kappa shape index (κ1) is 14.3. The summed E-state index contributed by atoms with van der Waals surface area (Å²) in [7, 11) is 0. The van der Waals surface area contributed by atoms with Crippen LogP contribution >= 0.6 is 0 Å². The zero-order valence-electron chi connectivity index (χ0n) is 12.9. The highest BCUT2D eigenvalue weighted by molar-refractivity contribution is 5.45. The molecule has 6 nitrogen and oxygen atoms in total. The molecule has 0 radical (unpaired) electrons. The second-order valence-corrected chi connectivity index (χ2v) is 6.91. The van der Waals surface area contributed by atoms with E-state index < -0.39 is 0 Å². The molecule has 0 unspecified atom stereocenters. The van der Waals surface area contributed by atoms with Crippen molar-refractivity contribution >= 4 is 11.5 Å². The molecule has 2 aromatic rings. The lowest BCUT2D eigenvalue weighted by Gasteiger charge is -2.26. The SMILES string of the molecule is CC(C)(C)c1nnc2ccc(NC3CCC(O)CC3)nn12. The molecule has 1 fully saturated rings. The molecule has 0 aromatic carbocycles. The predicted molar refractivity (Wildman–Crippen MR) is 81.4 cm³/mol. The van der Waals surface area contributed by atoms with Gasteiger partial charge in [0.25, 0.3) is 0 Å². The van der Waals surface area contributed by atoms with Crippen molar-refractivity contribution < 1.29 is 5.11 Å². The fourth-order valence-electron chi connectivity index (χ4n) is 2.76. The van der Waals surface area contributed by atoms with Crippen LogP contribution in [0.3, 0.4) is 0 Å². The van der Waals surface area contributed by atoms with Crippen molar-refractivity contribution in [3.8, 4) is 0 Å². The van der Waals surface area contributed by atoms with Gasteiger partial charge in [0, 0.05) is 11.5 Å². The van der Waals surface area contributed by atoms with E-state index in [1.807, 2.05) is 16.6 Å². The molecule has 0 saturated heterocycles. The minimum absolute atomic E-state index is 0.0972. The third kappa shape index (κ3) is 3.00. The second kappa shape index (κ2) is 5.26. The topological polar surface area (TPSA) is 75.3 Å². The minimum atomic E-state index is -0.135. The molecule has 0 atom stereocenters. The van der Waals surface area contributed by atoms with Gasteiger partial charge in [0.05, 0.1) is 6.10 Å². The predicted octanol–water partition coefficient (Wildman–Crippen LogP) is 2.14. The number of hydrogen-bond acceptors (Lipinski definition) is 5. The third-order valence-electron chi connectivity index (χ3n) is 3.98. The van der Waals surface area contributed by atoms with Gasteiger partial charge in [0.2, 0.25) is 0 Å². The van der Waals surface area contributed by atoms with Gasteiger partial charge in [-0.1, -0.05) is 20.8 Å². The smallest absolute Gasteiger partial charge is 0.178 e. The Bertz CT molecular complexity index is 623. The van der Waals surface area contributed by atoms with Crippen LogP contribution in [0.1, 0.15) is 52.3 Å². The summed E-state index contributed by atoms with van der Waals surface area (Å²) in [6.07, 6.45) is 3.55. The Morgan fingerprint density at radius 3 is 2.52 bits per heavy atom. The lowest BCUT2D eigenvalue weighted by molar-refractivity contribution is 0.126. The molecule has 21 heavy (non-hydrogen) atoms. The van der Waals surface area contributed by atoms with E-state index in [1.54, 1.807) is 0 Å². The minimum Gasteiger partial charge on any atom is -0.393 e. The highest BCUT2D eigenvalue weighted by Gasteiger charge is 2.23. The van der Waals surface area contributed by atoms with Crippen LogP contribution in [0.4, 0.5) is 5.82 Å². The second-order valence-electron chi connectivity index (χ2n) is 6.91. The summed E-state index contributed by atoms with van der Waals surface area (Å²) in [6.45, 7) is 6.31. The molecule has 0 bridgehead atoms. The van der Waals surface area contributed by atoms with Gasteiger partial charge in [0.15, 0.2) is 11.5 Å². The molecule has 2 N–H and O–H groups in total. The fourth-order valence-corrected chi connectivity index (χ4v) is 2.76. The normalized spacial score (nSPS) is 23.4. The summed E-state index contributed by atoms with van der Waals surface area (Å²) in [5.74, 6) is 1.70. The van der Waals surface area contributed by atoms with Crippen LogP contribution in [0.25, 0.3) is 5.65 Å². The largest absolute Gasteiger partial charge is 0.393 e. The highest BCUT2D eigenvalue weighted by atomic mass is 16.3. The first-order valence-corrected chi connectivity index (χ1v) is 7.61. The molecule has 1 aliphatic rings. The maximum Gasteiger partial charge on any atom is 0.178 e. The number of rotatable bonds is 2. The standard InChI is InChI=1S/C15H23N5O/c1-15(2,3)14-18-17-13-9-8-12(19-20(13)14)16-10-4-6-11(21)7-5-10/h8-11,21H,4-7H2,1-3H3,(H,16,19). The summed E-state index contributed by atoms with van der Waals surface area (Å²) in [5.41, 5.74) is 0.671. The highest BCUT2D eigenvalue weighted by Crippen LogP contribution is 2.23. The molecule has 2 aromatic heterocycles. The van der Waals surface area contributed by atoms with Crippen molar-refractivity contribution in [3.05, 3.63) is 18.0 Å². The lowest BCUT2D eigenvalue weighted by Crippen LogP contribution is -2.28. The van der Waals surface area contributed by atoms with Gasteiger partial charge in [-0.2, -0.15) is 4.52 Å². The summed E-state index contributed by atoms with van der Waals surface area (Å²) in [4.78, 5) is 0. The van der Waals surface area contributed by atoms with Gasteiger partial charge in [-0.25, -0.2) is 0 Å². The van der Waals surface area contributed by atoms with Crippen molar-refractivity contribution in [2.24, 2.45) is 0 Å². The number of nitrogens with one attached hydrogen (secondary N) is 1. The number of aromatic nitrogens is 4. The average Bonchev–Trinajstić information content (AvgIpc) is 2.84. The first-order chi connectivity index (χ1) is 9.93. The maximum atomic E-state index is 9.57. The van der Waals surface area contributed by atoms with Gasteiger partial charge in [-0.15, -0.1) is 15.3 Å². The van der Waals surface area contributed by atoms with E-state index in [4.69, 9.17) is 0 Å². The van der Waals surface area contributed by atoms with Crippen molar-refractivity contribution in [2.75, 3.05) is 5.32 Å². The lowest BCUT2D eigenvalue weighted by atomic mass is 9.93. The molecule has 0 spiro atoms. The number of nitrogens with zero attached hydrogens (tertiary/aromatic N) is 4. The molecule has 6 heteroatoms. The van der Waals surface area contributed by atoms with Crippen molar-refractivity contribution in [2.45, 2.75) is 64.0 Å². The van der Waals surface area contributed by atoms with E-state index in [0.717, 1.165) is 43.0 Å². The summed E-state index contributed by atoms with van der Waals surface area (Å²) in [5, 5.41) is 26.1. The van der Waals surface area contributed by atoms with Crippen LogP contribution in [0, 0.1) is 0 Å². The van der Waals surface area contributed by atoms with Crippen LogP contribution in [-0.2, 0) is 5.41 Å². The van der Waals surface area contributed by atoms with E-state index in [0.29, 0.717) is 6.04 Å². The molecule has 1 aliphatic carbocycles. The number of fused-ring (bicyclic) bond motifs is 1. The third-order valence-corrected chi connectivity index (χ3v) is 3.98. The monoisotopic (exact) mass is 289 g/mol. The van der Waals surface area contributed by atoms with Crippen molar-refractivity contribution in [1.29, 1.82) is 0 Å². The molecule has 0 aliphatic heterocycles. The molecule has 114 valence electrons. The number of hydrogen-bond donors (Lipinski definition) is 2. The van der Waals surface area contributed by atoms with Gasteiger partial charge in [0.1, 0.15) is 5.82 Å². The van der Waals surface area contributed by atoms with Gasteiger partial charge < -0.3 is 10.4 Å². The van der Waals surface area contributed by atoms with Crippen LogP contribution < -0.4 is 5.32 Å². The maximum absolute atomic E-state index is 9.57. The number of aliphatic hydroxyl groups is 1. The van der Waals surface area contributed by atoms with Crippen molar-refractivity contribution in [1.82, 2.24) is 19.8 Å². The van der Waals surface area contributed by atoms with Gasteiger partial charge in [-0.3, -0.25) is 0 Å². The van der Waals surface area contributed by atoms with Crippen molar-refractivity contribution in [3.63, 3.8) is 0 Å². The Labute approximate surface area is 124 Å². The summed E-state index contributed by atoms with van der Waals surface area (Å²) < 4.78 is 1.82. The fraction of sp³-hybridized carbons (Fsp3) is 0.667. The molecule has 0 amide bonds. The van der Waals surface area contributed by atoms with E-state index in [2.05, 4.69) is 41.4 Å². The zero-order chi connectivity index (χ0) is 15.0. The number of anilines is 1. The van der Waals surface area contributed by atoms with Gasteiger partial charge >= 0.3 is 0 Å². The Hall–Kier alpha value is -1.69. The Morgan fingerprint density at radius 1 is 1.14 bits per heavy atom. The van der Waals surface area contributed by atoms with E-state index in [9.17, 15) is 5.11 Å². The van der Waals surface area contributed by atoms with E-state index in [1.165, 1.54) is 0 Å². The van der Waals surface area contributed by atoms with Crippen LogP contribution in [-0.4, -0.2) is 37.1 Å². The average molecular weight is 289 g/mol. The Kier molecular flexibility index (Phi) is 3.57. The molecule has 2 heterocycles. The molecule has 3 rings (SSSR count). The molecule has 1 saturated carbocycles. The first-order valence-electron chi connectivity index (χ1n) is 7.61.